The van der Waals surface area contributed by atoms with Crippen LogP contribution in [0.1, 0.15) is 6.42 Å². The van der Waals surface area contributed by atoms with E-state index in [1.54, 1.807) is 12.3 Å². The number of Topliss-reactive ketones (excluding diaryl/α,β-unsaturated/α-hetero) is 1. The summed E-state index contributed by atoms with van der Waals surface area (Å²) in [7, 11) is 1.50. The summed E-state index contributed by atoms with van der Waals surface area (Å²) in [5.41, 5.74) is -1.00. The molecule has 0 fully saturated rings. The van der Waals surface area contributed by atoms with Crippen molar-refractivity contribution >= 4 is 43.9 Å². The molecule has 0 radical (unpaired) electrons. The normalized spacial score (nSPS) is 29.5. The van der Waals surface area contributed by atoms with Crippen LogP contribution in [0, 0.1) is 0 Å². The molecule has 1 unspecified atom stereocenters. The van der Waals surface area contributed by atoms with Crippen LogP contribution in [0.4, 0.5) is 0 Å². The Morgan fingerprint density at radius 3 is 2.87 bits per heavy atom. The number of carbonyl (C=O) groups excluding carboxylic acids is 1. The molecule has 1 spiro atoms. The van der Waals surface area contributed by atoms with Crippen molar-refractivity contribution in [2.24, 2.45) is 5.16 Å². The minimum absolute atomic E-state index is 0.181. The van der Waals surface area contributed by atoms with E-state index in [2.05, 4.69) is 37.0 Å². The molecular weight excluding hydrogens is 330 g/mol. The van der Waals surface area contributed by atoms with Crippen molar-refractivity contribution in [3.8, 4) is 0 Å². The lowest BCUT2D eigenvalue weighted by atomic mass is 9.91. The fourth-order valence-corrected chi connectivity index (χ4v) is 3.18. The topological polar surface area (TPSA) is 47.9 Å². The summed E-state index contributed by atoms with van der Waals surface area (Å²) in [5.74, 6) is 0.293. The highest BCUT2D eigenvalue weighted by atomic mass is 79.9. The molecular formula is C9H7Br2NO3. The van der Waals surface area contributed by atoms with E-state index >= 15 is 0 Å². The van der Waals surface area contributed by atoms with Gasteiger partial charge in [-0.1, -0.05) is 5.16 Å². The Hall–Kier alpha value is -0.620. The molecule has 0 aromatic rings. The first-order valence-electron chi connectivity index (χ1n) is 4.18. The van der Waals surface area contributed by atoms with Crippen LogP contribution in [0.3, 0.4) is 0 Å². The molecule has 2 aliphatic rings. The summed E-state index contributed by atoms with van der Waals surface area (Å²) in [6.07, 6.45) is 3.69. The van der Waals surface area contributed by atoms with Crippen molar-refractivity contribution in [3.05, 3.63) is 20.8 Å². The predicted molar refractivity (Wildman–Crippen MR) is 61.9 cm³/mol. The van der Waals surface area contributed by atoms with Crippen molar-refractivity contribution in [3.63, 3.8) is 0 Å². The maximum absolute atomic E-state index is 12.0. The molecule has 1 aliphatic carbocycles. The lowest BCUT2D eigenvalue weighted by molar-refractivity contribution is -0.131. The number of methoxy groups -OCH3 is 1. The Labute approximate surface area is 103 Å². The van der Waals surface area contributed by atoms with Gasteiger partial charge in [0.1, 0.15) is 4.48 Å². The SMILES string of the molecule is COC1=C(Br)C(=O)C2(C=C1Br)CC=NO2. The molecule has 1 aliphatic heterocycles. The second-order valence-electron chi connectivity index (χ2n) is 3.14. The molecule has 0 N–H and O–H groups in total. The van der Waals surface area contributed by atoms with Gasteiger partial charge >= 0.3 is 0 Å². The van der Waals surface area contributed by atoms with Gasteiger partial charge in [-0.25, -0.2) is 0 Å². The molecule has 0 amide bonds. The molecule has 0 saturated carbocycles. The van der Waals surface area contributed by atoms with Crippen LogP contribution in [0.5, 0.6) is 0 Å². The van der Waals surface area contributed by atoms with E-state index in [9.17, 15) is 4.79 Å². The Morgan fingerprint density at radius 2 is 2.33 bits per heavy atom. The summed E-state index contributed by atoms with van der Waals surface area (Å²) < 4.78 is 6.14. The monoisotopic (exact) mass is 335 g/mol. The quantitative estimate of drug-likeness (QED) is 0.737. The van der Waals surface area contributed by atoms with Crippen molar-refractivity contribution in [1.82, 2.24) is 0 Å². The molecule has 6 heteroatoms. The van der Waals surface area contributed by atoms with E-state index in [4.69, 9.17) is 9.57 Å². The number of halogens is 2. The summed E-state index contributed by atoms with van der Waals surface area (Å²) in [5, 5.41) is 3.63. The number of hydrogen-bond donors (Lipinski definition) is 0. The fourth-order valence-electron chi connectivity index (χ4n) is 1.48. The van der Waals surface area contributed by atoms with Crippen molar-refractivity contribution in [2.75, 3.05) is 7.11 Å². The second kappa shape index (κ2) is 3.75. The molecule has 4 nitrogen and oxygen atoms in total. The van der Waals surface area contributed by atoms with E-state index in [0.29, 0.717) is 21.1 Å². The number of hydrogen-bond acceptors (Lipinski definition) is 4. The Balaban J connectivity index is 2.45. The molecule has 80 valence electrons. The van der Waals surface area contributed by atoms with Gasteiger partial charge in [-0.3, -0.25) is 4.79 Å². The number of ether oxygens (including phenoxy) is 1. The van der Waals surface area contributed by atoms with Gasteiger partial charge in [0.25, 0.3) is 0 Å². The Morgan fingerprint density at radius 1 is 1.60 bits per heavy atom. The van der Waals surface area contributed by atoms with E-state index in [1.165, 1.54) is 7.11 Å². The zero-order valence-electron chi connectivity index (χ0n) is 7.79. The molecule has 0 saturated heterocycles. The van der Waals surface area contributed by atoms with E-state index in [0.717, 1.165) is 0 Å². The fraction of sp³-hybridized carbons (Fsp3) is 0.333. The van der Waals surface area contributed by atoms with E-state index in [1.807, 2.05) is 0 Å². The van der Waals surface area contributed by atoms with Gasteiger partial charge in [0.05, 0.1) is 11.6 Å². The third-order valence-corrected chi connectivity index (χ3v) is 3.56. The standard InChI is InChI=1S/C9H7Br2NO3/c1-14-7-5(10)4-9(2-3-12-15-9)8(13)6(7)11/h3-4H,2H2,1H3. The minimum atomic E-state index is -1.00. The summed E-state index contributed by atoms with van der Waals surface area (Å²) in [6, 6.07) is 0. The van der Waals surface area contributed by atoms with E-state index < -0.39 is 5.60 Å². The van der Waals surface area contributed by atoms with Crippen molar-refractivity contribution < 1.29 is 14.4 Å². The van der Waals surface area contributed by atoms with Crippen LogP contribution < -0.4 is 0 Å². The van der Waals surface area contributed by atoms with Gasteiger partial charge < -0.3 is 9.57 Å². The zero-order chi connectivity index (χ0) is 11.1. The van der Waals surface area contributed by atoms with Crippen LogP contribution in [0.2, 0.25) is 0 Å². The predicted octanol–water partition coefficient (Wildman–Crippen LogP) is 2.25. The van der Waals surface area contributed by atoms with Gasteiger partial charge in [0, 0.05) is 12.6 Å². The van der Waals surface area contributed by atoms with Crippen LogP contribution in [-0.2, 0) is 14.4 Å². The lowest BCUT2D eigenvalue weighted by Gasteiger charge is -2.26. The maximum atomic E-state index is 12.0. The summed E-state index contributed by atoms with van der Waals surface area (Å²) >= 11 is 6.53. The third-order valence-electron chi connectivity index (χ3n) is 2.25. The Kier molecular flexibility index (Phi) is 2.72. The summed E-state index contributed by atoms with van der Waals surface area (Å²) in [6.45, 7) is 0. The summed E-state index contributed by atoms with van der Waals surface area (Å²) in [4.78, 5) is 17.1. The molecule has 1 atom stereocenters. The Bertz CT molecular complexity index is 404. The number of allylic oxidation sites excluding steroid dienone is 1. The lowest BCUT2D eigenvalue weighted by Crippen LogP contribution is -2.39. The van der Waals surface area contributed by atoms with E-state index in [-0.39, 0.29) is 5.78 Å². The molecule has 1 heterocycles. The zero-order valence-corrected chi connectivity index (χ0v) is 11.0. The second-order valence-corrected chi connectivity index (χ2v) is 4.79. The number of oxime groups is 1. The van der Waals surface area contributed by atoms with Gasteiger partial charge in [-0.05, 0) is 37.9 Å². The largest absolute Gasteiger partial charge is 0.494 e. The molecule has 15 heavy (non-hydrogen) atoms. The highest BCUT2D eigenvalue weighted by Crippen LogP contribution is 2.40. The maximum Gasteiger partial charge on any atom is 0.225 e. The smallest absolute Gasteiger partial charge is 0.225 e. The number of nitrogens with zero attached hydrogens (tertiary/aromatic N) is 1. The van der Waals surface area contributed by atoms with Crippen LogP contribution in [0.25, 0.3) is 0 Å². The van der Waals surface area contributed by atoms with Gasteiger partial charge in [-0.2, -0.15) is 0 Å². The average Bonchev–Trinajstić information content (AvgIpc) is 2.65. The third kappa shape index (κ3) is 1.56. The molecule has 0 aromatic carbocycles. The van der Waals surface area contributed by atoms with Gasteiger partial charge in [0.2, 0.25) is 11.4 Å². The minimum Gasteiger partial charge on any atom is -0.494 e. The molecule has 0 bridgehead atoms. The van der Waals surface area contributed by atoms with Gasteiger partial charge in [0.15, 0.2) is 5.76 Å². The average molecular weight is 337 g/mol. The first kappa shape index (κ1) is 10.9. The van der Waals surface area contributed by atoms with Crippen LogP contribution >= 0.6 is 31.9 Å². The number of rotatable bonds is 1. The van der Waals surface area contributed by atoms with Crippen LogP contribution in [-0.4, -0.2) is 24.7 Å². The first-order chi connectivity index (χ1) is 7.10. The van der Waals surface area contributed by atoms with Crippen molar-refractivity contribution in [1.29, 1.82) is 0 Å². The molecule has 0 aromatic heterocycles. The first-order valence-corrected chi connectivity index (χ1v) is 5.76. The highest BCUT2D eigenvalue weighted by Gasteiger charge is 2.47. The number of carbonyl (C=O) groups is 1. The van der Waals surface area contributed by atoms with Crippen molar-refractivity contribution in [2.45, 2.75) is 12.0 Å². The van der Waals surface area contributed by atoms with Crippen LogP contribution in [0.15, 0.2) is 26.0 Å². The van der Waals surface area contributed by atoms with Gasteiger partial charge in [-0.15, -0.1) is 0 Å². The highest BCUT2D eigenvalue weighted by molar-refractivity contribution is 9.12. The molecule has 2 rings (SSSR count). The number of ketones is 1.